The van der Waals surface area contributed by atoms with Crippen molar-refractivity contribution in [3.8, 4) is 5.75 Å². The summed E-state index contributed by atoms with van der Waals surface area (Å²) in [7, 11) is 0. The zero-order chi connectivity index (χ0) is 19.8. The highest BCUT2D eigenvalue weighted by Crippen LogP contribution is 2.35. The van der Waals surface area contributed by atoms with Crippen LogP contribution in [0.2, 0.25) is 5.02 Å². The normalized spacial score (nSPS) is 10.7. The molecule has 1 amide bonds. The summed E-state index contributed by atoms with van der Waals surface area (Å²) in [4.78, 5) is 12.1. The SMILES string of the molecule is CCCCc1ccc(NC(=O)CCCOc2cc(C)c(Cl)c(C)c2Br)cc1. The standard InChI is InChI=1S/C22H27BrClNO2/c1-4-5-7-17-9-11-18(12-10-17)25-20(26)8-6-13-27-19-14-15(2)22(24)16(3)21(19)23/h9-12,14H,4-8,13H2,1-3H3,(H,25,26). The second-order valence-electron chi connectivity index (χ2n) is 6.75. The highest BCUT2D eigenvalue weighted by Gasteiger charge is 2.11. The summed E-state index contributed by atoms with van der Waals surface area (Å²) in [6, 6.07) is 10.0. The molecule has 0 aliphatic rings. The molecule has 27 heavy (non-hydrogen) atoms. The van der Waals surface area contributed by atoms with Crippen LogP contribution < -0.4 is 10.1 Å². The molecule has 5 heteroatoms. The highest BCUT2D eigenvalue weighted by atomic mass is 79.9. The summed E-state index contributed by atoms with van der Waals surface area (Å²) in [5.41, 5.74) is 4.09. The van der Waals surface area contributed by atoms with Crippen LogP contribution in [0.1, 0.15) is 49.3 Å². The van der Waals surface area contributed by atoms with E-state index in [-0.39, 0.29) is 5.91 Å². The Bertz CT molecular complexity index is 775. The van der Waals surface area contributed by atoms with Gasteiger partial charge in [-0.2, -0.15) is 0 Å². The lowest BCUT2D eigenvalue weighted by Crippen LogP contribution is -2.13. The average Bonchev–Trinajstić information content (AvgIpc) is 2.66. The Hall–Kier alpha value is -1.52. The monoisotopic (exact) mass is 451 g/mol. The molecule has 2 aromatic rings. The number of benzene rings is 2. The third kappa shape index (κ3) is 6.54. The molecule has 2 aromatic carbocycles. The van der Waals surface area contributed by atoms with Crippen molar-refractivity contribution in [3.05, 3.63) is 56.5 Å². The zero-order valence-corrected chi connectivity index (χ0v) is 18.5. The van der Waals surface area contributed by atoms with Gasteiger partial charge in [0.15, 0.2) is 0 Å². The summed E-state index contributed by atoms with van der Waals surface area (Å²) in [5.74, 6) is 0.764. The van der Waals surface area contributed by atoms with Crippen LogP contribution in [0.25, 0.3) is 0 Å². The van der Waals surface area contributed by atoms with Gasteiger partial charge in [-0.05, 0) is 83.9 Å². The Morgan fingerprint density at radius 2 is 1.89 bits per heavy atom. The Morgan fingerprint density at radius 3 is 2.56 bits per heavy atom. The largest absolute Gasteiger partial charge is 0.492 e. The number of aryl methyl sites for hydroxylation is 2. The van der Waals surface area contributed by atoms with Crippen LogP contribution in [-0.2, 0) is 11.2 Å². The number of unbranched alkanes of at least 4 members (excludes halogenated alkanes) is 1. The van der Waals surface area contributed by atoms with Gasteiger partial charge >= 0.3 is 0 Å². The molecule has 0 saturated carbocycles. The lowest BCUT2D eigenvalue weighted by Gasteiger charge is -2.13. The Balaban J connectivity index is 1.76. The molecule has 0 radical (unpaired) electrons. The van der Waals surface area contributed by atoms with Crippen LogP contribution in [0.3, 0.4) is 0 Å². The van der Waals surface area contributed by atoms with E-state index in [9.17, 15) is 4.79 Å². The Labute approximate surface area is 175 Å². The van der Waals surface area contributed by atoms with Crippen molar-refractivity contribution in [2.75, 3.05) is 11.9 Å². The fourth-order valence-electron chi connectivity index (χ4n) is 2.78. The maximum Gasteiger partial charge on any atom is 0.224 e. The number of halogens is 2. The van der Waals surface area contributed by atoms with Gasteiger partial charge in [-0.15, -0.1) is 0 Å². The summed E-state index contributed by atoms with van der Waals surface area (Å²) in [6.07, 6.45) is 4.52. The lowest BCUT2D eigenvalue weighted by molar-refractivity contribution is -0.116. The number of rotatable bonds is 9. The van der Waals surface area contributed by atoms with E-state index >= 15 is 0 Å². The summed E-state index contributed by atoms with van der Waals surface area (Å²) in [5, 5.41) is 3.68. The average molecular weight is 453 g/mol. The number of hydrogen-bond donors (Lipinski definition) is 1. The van der Waals surface area contributed by atoms with Gasteiger partial charge in [0, 0.05) is 17.1 Å². The molecule has 0 aromatic heterocycles. The number of amides is 1. The van der Waals surface area contributed by atoms with Crippen LogP contribution in [0.5, 0.6) is 5.75 Å². The van der Waals surface area contributed by atoms with Crippen LogP contribution in [-0.4, -0.2) is 12.5 Å². The molecular formula is C22H27BrClNO2. The third-order valence-corrected chi connectivity index (χ3v) is 6.00. The quantitative estimate of drug-likeness (QED) is 0.422. The number of nitrogens with one attached hydrogen (secondary N) is 1. The number of ether oxygens (including phenoxy) is 1. The lowest BCUT2D eigenvalue weighted by atomic mass is 10.1. The Morgan fingerprint density at radius 1 is 1.19 bits per heavy atom. The zero-order valence-electron chi connectivity index (χ0n) is 16.2. The molecule has 1 N–H and O–H groups in total. The van der Waals surface area contributed by atoms with E-state index in [1.165, 1.54) is 18.4 Å². The van der Waals surface area contributed by atoms with E-state index < -0.39 is 0 Å². The first kappa shape index (κ1) is 21.8. The topological polar surface area (TPSA) is 38.3 Å². The molecule has 0 aliphatic heterocycles. The first-order valence-corrected chi connectivity index (χ1v) is 10.6. The highest BCUT2D eigenvalue weighted by molar-refractivity contribution is 9.10. The van der Waals surface area contributed by atoms with Crippen molar-refractivity contribution < 1.29 is 9.53 Å². The van der Waals surface area contributed by atoms with Crippen molar-refractivity contribution in [1.82, 2.24) is 0 Å². The molecule has 0 fully saturated rings. The van der Waals surface area contributed by atoms with E-state index in [2.05, 4.69) is 40.3 Å². The molecule has 0 heterocycles. The van der Waals surface area contributed by atoms with Gasteiger partial charge in [0.05, 0.1) is 11.1 Å². The van der Waals surface area contributed by atoms with E-state index in [1.807, 2.05) is 32.0 Å². The third-order valence-electron chi connectivity index (χ3n) is 4.43. The Kier molecular flexibility index (Phi) is 8.65. The van der Waals surface area contributed by atoms with Crippen molar-refractivity contribution >= 4 is 39.1 Å². The minimum Gasteiger partial charge on any atom is -0.492 e. The number of carbonyl (C=O) groups excluding carboxylic acids is 1. The molecule has 0 aliphatic carbocycles. The second-order valence-corrected chi connectivity index (χ2v) is 7.92. The molecule has 0 spiro atoms. The van der Waals surface area contributed by atoms with Gasteiger partial charge in [0.2, 0.25) is 5.91 Å². The molecule has 0 saturated heterocycles. The minimum absolute atomic E-state index is 0.00226. The number of anilines is 1. The molecule has 3 nitrogen and oxygen atoms in total. The van der Waals surface area contributed by atoms with Crippen LogP contribution in [0.15, 0.2) is 34.8 Å². The smallest absolute Gasteiger partial charge is 0.224 e. The van der Waals surface area contributed by atoms with Crippen molar-refractivity contribution in [3.63, 3.8) is 0 Å². The van der Waals surface area contributed by atoms with Crippen molar-refractivity contribution in [2.45, 2.75) is 52.9 Å². The fourth-order valence-corrected chi connectivity index (χ4v) is 3.47. The van der Waals surface area contributed by atoms with Gasteiger partial charge in [0.25, 0.3) is 0 Å². The first-order valence-electron chi connectivity index (χ1n) is 9.39. The van der Waals surface area contributed by atoms with Gasteiger partial charge < -0.3 is 10.1 Å². The fraction of sp³-hybridized carbons (Fsp3) is 0.409. The van der Waals surface area contributed by atoms with Gasteiger partial charge in [-0.1, -0.05) is 37.1 Å². The van der Waals surface area contributed by atoms with Crippen LogP contribution in [0, 0.1) is 13.8 Å². The summed E-state index contributed by atoms with van der Waals surface area (Å²) < 4.78 is 6.69. The van der Waals surface area contributed by atoms with Crippen LogP contribution >= 0.6 is 27.5 Å². The van der Waals surface area contributed by atoms with E-state index in [1.54, 1.807) is 0 Å². The molecule has 0 atom stereocenters. The van der Waals surface area contributed by atoms with Crippen molar-refractivity contribution in [1.29, 1.82) is 0 Å². The predicted octanol–water partition coefficient (Wildman–Crippen LogP) is 6.86. The molecule has 0 unspecified atom stereocenters. The molecule has 0 bridgehead atoms. The molecule has 146 valence electrons. The second kappa shape index (κ2) is 10.7. The summed E-state index contributed by atoms with van der Waals surface area (Å²) >= 11 is 9.75. The van der Waals surface area contributed by atoms with Gasteiger partial charge in [-0.3, -0.25) is 4.79 Å². The number of carbonyl (C=O) groups is 1. The number of hydrogen-bond acceptors (Lipinski definition) is 2. The molecular weight excluding hydrogens is 426 g/mol. The van der Waals surface area contributed by atoms with Crippen molar-refractivity contribution in [2.24, 2.45) is 0 Å². The predicted molar refractivity (Wildman–Crippen MR) is 117 cm³/mol. The van der Waals surface area contributed by atoms with Gasteiger partial charge in [0.1, 0.15) is 5.75 Å². The minimum atomic E-state index is 0.00226. The van der Waals surface area contributed by atoms with Crippen LogP contribution in [0.4, 0.5) is 5.69 Å². The van der Waals surface area contributed by atoms with E-state index in [0.29, 0.717) is 19.4 Å². The van der Waals surface area contributed by atoms with E-state index in [0.717, 1.165) is 38.5 Å². The summed E-state index contributed by atoms with van der Waals surface area (Å²) in [6.45, 7) is 6.57. The first-order chi connectivity index (χ1) is 12.9. The maximum absolute atomic E-state index is 12.1. The maximum atomic E-state index is 12.1. The van der Waals surface area contributed by atoms with E-state index in [4.69, 9.17) is 16.3 Å². The van der Waals surface area contributed by atoms with Gasteiger partial charge in [-0.25, -0.2) is 0 Å². The molecule has 2 rings (SSSR count).